The number of hydrogen-bond acceptors (Lipinski definition) is 0. The van der Waals surface area contributed by atoms with Crippen LogP contribution in [0, 0.1) is 11.8 Å². The minimum absolute atomic E-state index is 0.152. The van der Waals surface area contributed by atoms with E-state index < -0.39 is 6.43 Å². The maximum absolute atomic E-state index is 13.4. The molecule has 1 aromatic carbocycles. The summed E-state index contributed by atoms with van der Waals surface area (Å²) >= 11 is 5.95. The van der Waals surface area contributed by atoms with Gasteiger partial charge in [-0.05, 0) is 61.1 Å². The van der Waals surface area contributed by atoms with E-state index in [0.717, 1.165) is 30.2 Å². The van der Waals surface area contributed by atoms with Crippen LogP contribution in [0.1, 0.15) is 114 Å². The Morgan fingerprint density at radius 1 is 0.903 bits per heavy atom. The van der Waals surface area contributed by atoms with E-state index in [1.54, 1.807) is 24.2 Å². The van der Waals surface area contributed by atoms with E-state index in [-0.39, 0.29) is 20.3 Å². The molecule has 3 rings (SSSR count). The van der Waals surface area contributed by atoms with Gasteiger partial charge >= 0.3 is 0 Å². The Labute approximate surface area is 196 Å². The highest BCUT2D eigenvalue weighted by Crippen LogP contribution is 2.41. The van der Waals surface area contributed by atoms with Crippen LogP contribution in [-0.4, -0.2) is 8.80 Å². The molecule has 0 N–H and O–H groups in total. The van der Waals surface area contributed by atoms with Gasteiger partial charge in [0.2, 0.25) is 0 Å². The highest BCUT2D eigenvalue weighted by Gasteiger charge is 2.26. The second kappa shape index (κ2) is 13.3. The van der Waals surface area contributed by atoms with Crippen LogP contribution in [0.5, 0.6) is 0 Å². The number of halogens is 3. The van der Waals surface area contributed by atoms with Crippen molar-refractivity contribution < 1.29 is 8.78 Å². The summed E-state index contributed by atoms with van der Waals surface area (Å²) in [4.78, 5) is 0. The summed E-state index contributed by atoms with van der Waals surface area (Å²) in [5, 5.41) is 0.417. The van der Waals surface area contributed by atoms with Crippen molar-refractivity contribution in [1.82, 2.24) is 0 Å². The van der Waals surface area contributed by atoms with Crippen molar-refractivity contribution in [2.75, 3.05) is 0 Å². The van der Waals surface area contributed by atoms with Gasteiger partial charge in [0.1, 0.15) is 0 Å². The van der Waals surface area contributed by atoms with E-state index in [1.807, 2.05) is 6.07 Å². The van der Waals surface area contributed by atoms with Gasteiger partial charge in [0.15, 0.2) is 0 Å². The van der Waals surface area contributed by atoms with Gasteiger partial charge in [-0.25, -0.2) is 8.78 Å². The fourth-order valence-corrected chi connectivity index (χ4v) is 10.0. The van der Waals surface area contributed by atoms with Crippen molar-refractivity contribution in [3.63, 3.8) is 0 Å². The lowest BCUT2D eigenvalue weighted by molar-refractivity contribution is 0.148. The van der Waals surface area contributed by atoms with Crippen LogP contribution in [0.2, 0.25) is 23.2 Å². The zero-order valence-corrected chi connectivity index (χ0v) is 21.5. The molecule has 0 radical (unpaired) electrons. The molecule has 2 fully saturated rings. The molecular formula is C27H43ClF2Si. The van der Waals surface area contributed by atoms with Gasteiger partial charge in [0, 0.05) is 19.4 Å². The molecule has 4 heteroatoms. The Morgan fingerprint density at radius 3 is 2.16 bits per heavy atom. The molecule has 0 atom stereocenters. The molecule has 31 heavy (non-hydrogen) atoms. The number of rotatable bonds is 11. The fourth-order valence-electron chi connectivity index (χ4n) is 6.23. The summed E-state index contributed by atoms with van der Waals surface area (Å²) in [5.41, 5.74) is 0.991. The van der Waals surface area contributed by atoms with Crippen LogP contribution < -0.4 is 0 Å². The molecule has 0 amide bonds. The third kappa shape index (κ3) is 8.14. The second-order valence-electron chi connectivity index (χ2n) is 10.5. The van der Waals surface area contributed by atoms with E-state index in [2.05, 4.69) is 6.92 Å². The van der Waals surface area contributed by atoms with Crippen molar-refractivity contribution in [2.24, 2.45) is 11.8 Å². The van der Waals surface area contributed by atoms with Crippen LogP contribution in [0.25, 0.3) is 0 Å². The van der Waals surface area contributed by atoms with Crippen molar-refractivity contribution in [3.05, 3.63) is 34.3 Å². The number of benzene rings is 1. The minimum Gasteiger partial charge on any atom is -0.205 e. The fraction of sp³-hybridized carbons (Fsp3) is 0.778. The average Bonchev–Trinajstić information content (AvgIpc) is 2.78. The van der Waals surface area contributed by atoms with Gasteiger partial charge in [-0.15, -0.1) is 0 Å². The van der Waals surface area contributed by atoms with Crippen LogP contribution in [0.15, 0.2) is 18.2 Å². The van der Waals surface area contributed by atoms with Crippen LogP contribution in [0.3, 0.4) is 0 Å². The molecule has 0 nitrogen and oxygen atoms in total. The maximum atomic E-state index is 13.4. The van der Waals surface area contributed by atoms with Gasteiger partial charge in [-0.2, -0.15) is 0 Å². The third-order valence-corrected chi connectivity index (χ3v) is 12.0. The molecular weight excluding hydrogens is 426 g/mol. The Bertz CT molecular complexity index is 634. The van der Waals surface area contributed by atoms with E-state index in [0.29, 0.717) is 5.02 Å². The second-order valence-corrected chi connectivity index (χ2v) is 14.4. The number of unbranched alkanes of at least 4 members (excludes halogenated alkanes) is 3. The van der Waals surface area contributed by atoms with Gasteiger partial charge in [0.25, 0.3) is 6.43 Å². The minimum atomic E-state index is -2.43. The van der Waals surface area contributed by atoms with Gasteiger partial charge in [0.05, 0.1) is 0 Å². The topological polar surface area (TPSA) is 0 Å². The Morgan fingerprint density at radius 2 is 1.55 bits per heavy atom. The van der Waals surface area contributed by atoms with Crippen molar-refractivity contribution in [3.8, 4) is 0 Å². The normalized spacial score (nSPS) is 27.0. The van der Waals surface area contributed by atoms with E-state index >= 15 is 0 Å². The highest BCUT2D eigenvalue weighted by molar-refractivity contribution is 6.58. The van der Waals surface area contributed by atoms with E-state index in [9.17, 15) is 8.78 Å². The monoisotopic (exact) mass is 468 g/mol. The summed E-state index contributed by atoms with van der Waals surface area (Å²) in [6.07, 6.45) is 15.0. The Hall–Kier alpha value is -0.413. The largest absolute Gasteiger partial charge is 0.264 e. The van der Waals surface area contributed by atoms with Gasteiger partial charge < -0.3 is 0 Å². The highest BCUT2D eigenvalue weighted by atomic mass is 35.5. The van der Waals surface area contributed by atoms with Crippen molar-refractivity contribution in [2.45, 2.75) is 121 Å². The molecule has 2 aliphatic rings. The standard InChI is InChI=1S/C27H43ClF2Si/c1-2-3-6-17-31-18-15-22(16-19-31)8-5-4-7-21-9-11-23(12-10-21)25-14-13-24(28)20-26(25)27(29)30/h13-14,20-23,27,31H,2-12,15-19H2,1H3/t21-,22?,23-,31?. The predicted octanol–water partition coefficient (Wildman–Crippen LogP) is 9.94. The SMILES string of the molecule is CCCCC[SiH]1CCC(CCCC[C@H]2CC[C@H](c3ccc(Cl)cc3C(F)F)CC2)CC1. The van der Waals surface area contributed by atoms with E-state index in [4.69, 9.17) is 11.6 Å². The predicted molar refractivity (Wildman–Crippen MR) is 133 cm³/mol. The molecule has 1 aliphatic carbocycles. The molecule has 0 aromatic heterocycles. The Kier molecular flexibility index (Phi) is 10.8. The van der Waals surface area contributed by atoms with E-state index in [1.165, 1.54) is 76.7 Å². The summed E-state index contributed by atoms with van der Waals surface area (Å²) in [7, 11) is -0.360. The molecule has 176 valence electrons. The molecule has 1 aliphatic heterocycles. The molecule has 1 saturated heterocycles. The first-order valence-corrected chi connectivity index (χ1v) is 16.0. The third-order valence-electron chi connectivity index (χ3n) is 8.23. The zero-order valence-electron chi connectivity index (χ0n) is 19.6. The summed E-state index contributed by atoms with van der Waals surface area (Å²) in [6, 6.07) is 9.92. The molecule has 1 heterocycles. The first kappa shape index (κ1) is 25.2. The van der Waals surface area contributed by atoms with Gasteiger partial charge in [-0.3, -0.25) is 0 Å². The molecule has 0 bridgehead atoms. The first-order chi connectivity index (χ1) is 15.1. The lowest BCUT2D eigenvalue weighted by Crippen LogP contribution is -2.21. The number of hydrogen-bond donors (Lipinski definition) is 0. The quantitative estimate of drug-likeness (QED) is 0.224. The number of alkyl halides is 2. The lowest BCUT2D eigenvalue weighted by atomic mass is 9.76. The first-order valence-electron chi connectivity index (χ1n) is 13.1. The van der Waals surface area contributed by atoms with Gasteiger partial charge in [-0.1, -0.05) is 101 Å². The Balaban J connectivity index is 1.30. The molecule has 1 saturated carbocycles. The summed E-state index contributed by atoms with van der Waals surface area (Å²) in [6.45, 7) is 2.31. The van der Waals surface area contributed by atoms with Crippen molar-refractivity contribution in [1.29, 1.82) is 0 Å². The maximum Gasteiger partial charge on any atom is 0.264 e. The molecule has 0 spiro atoms. The summed E-state index contributed by atoms with van der Waals surface area (Å²) < 4.78 is 26.9. The molecule has 0 unspecified atom stereocenters. The van der Waals surface area contributed by atoms with Crippen LogP contribution in [-0.2, 0) is 0 Å². The lowest BCUT2D eigenvalue weighted by Gasteiger charge is -2.30. The molecule has 1 aromatic rings. The average molecular weight is 469 g/mol. The van der Waals surface area contributed by atoms with Crippen LogP contribution in [0.4, 0.5) is 8.78 Å². The van der Waals surface area contributed by atoms with Crippen LogP contribution >= 0.6 is 11.6 Å². The van der Waals surface area contributed by atoms with Crippen molar-refractivity contribution >= 4 is 20.4 Å². The zero-order chi connectivity index (χ0) is 22.1. The smallest absolute Gasteiger partial charge is 0.205 e. The summed E-state index contributed by atoms with van der Waals surface area (Å²) in [5.74, 6) is 2.11.